The molecule has 0 aromatic carbocycles. The number of nitrogens with zero attached hydrogens (tertiary/aromatic N) is 1. The Balaban J connectivity index is 1.88. The quantitative estimate of drug-likeness (QED) is 0.245. The topological polar surface area (TPSA) is 140 Å². The van der Waals surface area contributed by atoms with Gasteiger partial charge in [0.15, 0.2) is 12.3 Å². The number of aromatic amines is 1. The van der Waals surface area contributed by atoms with Gasteiger partial charge in [-0.25, -0.2) is 4.79 Å². The Hall–Kier alpha value is -1.42. The summed E-state index contributed by atoms with van der Waals surface area (Å²) in [7, 11) is -2.97. The molecule has 5 atom stereocenters. The summed E-state index contributed by atoms with van der Waals surface area (Å²) >= 11 is 0. The number of ether oxygens (including phenoxy) is 2. The van der Waals surface area contributed by atoms with Crippen molar-refractivity contribution in [3.63, 3.8) is 0 Å². The van der Waals surface area contributed by atoms with Gasteiger partial charge in [-0.1, -0.05) is 64.7 Å². The molecule has 2 heterocycles. The van der Waals surface area contributed by atoms with Crippen LogP contribution in [-0.4, -0.2) is 51.1 Å². The van der Waals surface area contributed by atoms with Crippen LogP contribution in [0.3, 0.4) is 0 Å². The van der Waals surface area contributed by atoms with Crippen LogP contribution < -0.4 is 11.2 Å². The summed E-state index contributed by atoms with van der Waals surface area (Å²) in [5.41, 5.74) is -1.27. The van der Waals surface area contributed by atoms with Crippen LogP contribution in [0.2, 0.25) is 0 Å². The van der Waals surface area contributed by atoms with Crippen LogP contribution in [0.25, 0.3) is 0 Å². The van der Waals surface area contributed by atoms with Gasteiger partial charge in [-0.2, -0.15) is 0 Å². The first-order valence-corrected chi connectivity index (χ1v) is 12.6. The third-order valence-corrected chi connectivity index (χ3v) is 6.03. The zero-order valence-corrected chi connectivity index (χ0v) is 19.6. The highest BCUT2D eigenvalue weighted by atomic mass is 31.1. The first-order valence-electron chi connectivity index (χ1n) is 11.5. The molecule has 2 rings (SSSR count). The maximum absolute atomic E-state index is 12.2. The van der Waals surface area contributed by atoms with Crippen LogP contribution in [0.4, 0.5) is 0 Å². The number of H-pyrrole nitrogens is 1. The van der Waals surface area contributed by atoms with Gasteiger partial charge in [0.05, 0.1) is 6.61 Å². The van der Waals surface area contributed by atoms with Crippen molar-refractivity contribution < 1.29 is 28.6 Å². The molecule has 32 heavy (non-hydrogen) atoms. The van der Waals surface area contributed by atoms with Crippen molar-refractivity contribution in [2.24, 2.45) is 0 Å². The first kappa shape index (κ1) is 26.8. The van der Waals surface area contributed by atoms with Crippen molar-refractivity contribution in [2.45, 2.75) is 95.7 Å². The standard InChI is InChI=1S/C21H35N2O8P/c1-2-3-4-5-6-7-8-9-10-11-14-29-19-18(31-32(27)28)16(15-24)30-20(19)23-13-12-17(25)22-21(23)26/h12-13,16,18-20,24H,2-11,14-15H2,1H3,(H-,22,25,26,27,28)/p+1/t16-,18?,19?,20-/m1/s1. The lowest BCUT2D eigenvalue weighted by Gasteiger charge is -2.22. The summed E-state index contributed by atoms with van der Waals surface area (Å²) in [6, 6.07) is 1.17. The molecule has 1 aromatic rings. The van der Waals surface area contributed by atoms with Gasteiger partial charge in [0, 0.05) is 23.4 Å². The highest BCUT2D eigenvalue weighted by Crippen LogP contribution is 2.37. The molecule has 3 N–H and O–H groups in total. The van der Waals surface area contributed by atoms with Gasteiger partial charge < -0.3 is 14.6 Å². The number of aliphatic hydroxyl groups excluding tert-OH is 1. The Bertz CT molecular complexity index is 798. The SMILES string of the molecule is CCCCCCCCCCCCOC1C(O[P+](=O)O)[C@@H](CO)O[C@H]1n1ccc(=O)[nH]c1=O. The summed E-state index contributed by atoms with van der Waals surface area (Å²) in [6.45, 7) is 2.07. The average Bonchev–Trinajstić information content (AvgIpc) is 3.08. The summed E-state index contributed by atoms with van der Waals surface area (Å²) < 4.78 is 29.1. The minimum atomic E-state index is -2.97. The molecule has 0 saturated carbocycles. The molecule has 0 bridgehead atoms. The molecule has 10 nitrogen and oxygen atoms in total. The summed E-state index contributed by atoms with van der Waals surface area (Å²) in [5.74, 6) is 0. The van der Waals surface area contributed by atoms with E-state index in [1.54, 1.807) is 0 Å². The van der Waals surface area contributed by atoms with E-state index in [1.165, 1.54) is 57.2 Å². The molecule has 1 aliphatic heterocycles. The van der Waals surface area contributed by atoms with Gasteiger partial charge in [-0.15, -0.1) is 9.42 Å². The highest BCUT2D eigenvalue weighted by Gasteiger charge is 2.51. The maximum Gasteiger partial charge on any atom is 0.695 e. The zero-order valence-electron chi connectivity index (χ0n) is 18.7. The Morgan fingerprint density at radius 2 is 1.69 bits per heavy atom. The second-order valence-electron chi connectivity index (χ2n) is 8.09. The van der Waals surface area contributed by atoms with Gasteiger partial charge in [-0.05, 0) is 6.42 Å². The number of hydrogen-bond donors (Lipinski definition) is 3. The zero-order chi connectivity index (χ0) is 23.3. The molecule has 0 spiro atoms. The molecule has 3 unspecified atom stereocenters. The maximum atomic E-state index is 12.2. The van der Waals surface area contributed by atoms with Crippen LogP contribution in [0.5, 0.6) is 0 Å². The van der Waals surface area contributed by atoms with Crippen LogP contribution in [0.1, 0.15) is 77.4 Å². The number of aliphatic hydroxyl groups is 1. The minimum absolute atomic E-state index is 0.347. The minimum Gasteiger partial charge on any atom is -0.394 e. The molecule has 1 saturated heterocycles. The van der Waals surface area contributed by atoms with Gasteiger partial charge in [-0.3, -0.25) is 14.3 Å². The summed E-state index contributed by atoms with van der Waals surface area (Å²) in [6.07, 6.45) is 9.06. The van der Waals surface area contributed by atoms with E-state index in [0.717, 1.165) is 23.8 Å². The van der Waals surface area contributed by atoms with E-state index in [0.29, 0.717) is 6.61 Å². The number of rotatable bonds is 16. The van der Waals surface area contributed by atoms with E-state index >= 15 is 0 Å². The molecular weight excluding hydrogens is 439 g/mol. The lowest BCUT2D eigenvalue weighted by molar-refractivity contribution is -0.0744. The number of unbranched alkanes of at least 4 members (excludes halogenated alkanes) is 9. The Labute approximate surface area is 188 Å². The molecule has 1 aliphatic rings. The molecule has 1 aromatic heterocycles. The fraction of sp³-hybridized carbons (Fsp3) is 0.810. The monoisotopic (exact) mass is 475 g/mol. The van der Waals surface area contributed by atoms with Crippen LogP contribution >= 0.6 is 8.25 Å². The summed E-state index contributed by atoms with van der Waals surface area (Å²) in [5, 5.41) is 9.62. The second-order valence-corrected chi connectivity index (χ2v) is 8.78. The number of aromatic nitrogens is 2. The van der Waals surface area contributed by atoms with Crippen molar-refractivity contribution in [2.75, 3.05) is 13.2 Å². The van der Waals surface area contributed by atoms with E-state index in [4.69, 9.17) is 14.0 Å². The number of hydrogen-bond acceptors (Lipinski definition) is 7. The summed E-state index contributed by atoms with van der Waals surface area (Å²) in [4.78, 5) is 35.0. The third kappa shape index (κ3) is 8.50. The van der Waals surface area contributed by atoms with E-state index in [2.05, 4.69) is 11.9 Å². The van der Waals surface area contributed by atoms with Gasteiger partial charge in [0.2, 0.25) is 0 Å². The highest BCUT2D eigenvalue weighted by molar-refractivity contribution is 7.32. The molecule has 0 radical (unpaired) electrons. The van der Waals surface area contributed by atoms with Crippen molar-refractivity contribution in [1.82, 2.24) is 9.55 Å². The Kier molecular flexibility index (Phi) is 12.3. The van der Waals surface area contributed by atoms with Crippen molar-refractivity contribution in [3.05, 3.63) is 33.1 Å². The van der Waals surface area contributed by atoms with Crippen molar-refractivity contribution >= 4 is 8.25 Å². The fourth-order valence-corrected chi connectivity index (χ4v) is 4.39. The van der Waals surface area contributed by atoms with Gasteiger partial charge in [0.25, 0.3) is 5.56 Å². The van der Waals surface area contributed by atoms with Crippen LogP contribution in [0, 0.1) is 0 Å². The lowest BCUT2D eigenvalue weighted by Crippen LogP contribution is -2.40. The molecular formula is C21H36N2O8P+. The lowest BCUT2D eigenvalue weighted by atomic mass is 10.1. The van der Waals surface area contributed by atoms with Gasteiger partial charge in [0.1, 0.15) is 12.2 Å². The van der Waals surface area contributed by atoms with Gasteiger partial charge >= 0.3 is 13.9 Å². The molecule has 1 fully saturated rings. The third-order valence-electron chi connectivity index (χ3n) is 5.61. The first-order chi connectivity index (χ1) is 15.5. The van der Waals surface area contributed by atoms with E-state index in [9.17, 15) is 24.2 Å². The van der Waals surface area contributed by atoms with Crippen molar-refractivity contribution in [1.29, 1.82) is 0 Å². The largest absolute Gasteiger partial charge is 0.695 e. The molecule has 182 valence electrons. The predicted octanol–water partition coefficient (Wildman–Crippen LogP) is 2.77. The molecule has 11 heteroatoms. The number of nitrogens with one attached hydrogen (secondary N) is 1. The average molecular weight is 475 g/mol. The predicted molar refractivity (Wildman–Crippen MR) is 119 cm³/mol. The van der Waals surface area contributed by atoms with E-state index in [1.807, 2.05) is 0 Å². The molecule has 0 amide bonds. The van der Waals surface area contributed by atoms with Crippen molar-refractivity contribution in [3.8, 4) is 0 Å². The second kappa shape index (κ2) is 14.7. The Morgan fingerprint density at radius 3 is 2.25 bits per heavy atom. The van der Waals surface area contributed by atoms with Crippen LogP contribution in [0.15, 0.2) is 21.9 Å². The fourth-order valence-electron chi connectivity index (χ4n) is 3.92. The smallest absolute Gasteiger partial charge is 0.394 e. The molecule has 0 aliphatic carbocycles. The van der Waals surface area contributed by atoms with E-state index in [-0.39, 0.29) is 0 Å². The van der Waals surface area contributed by atoms with Crippen LogP contribution in [-0.2, 0) is 18.6 Å². The Morgan fingerprint density at radius 1 is 1.06 bits per heavy atom. The van der Waals surface area contributed by atoms with E-state index < -0.39 is 50.7 Å². The normalized spacial score (nSPS) is 23.5.